The third-order valence-corrected chi connectivity index (χ3v) is 27.2. The summed E-state index contributed by atoms with van der Waals surface area (Å²) in [5.74, 6) is 0. The van der Waals surface area contributed by atoms with Crippen molar-refractivity contribution in [3.63, 3.8) is 0 Å². The van der Waals surface area contributed by atoms with E-state index in [-0.39, 0.29) is 12.1 Å². The largest absolute Gasteiger partial charge is 0.456 e. The van der Waals surface area contributed by atoms with Gasteiger partial charge in [0.25, 0.3) is 6.71 Å². The molecule has 0 radical (unpaired) electrons. The quantitative estimate of drug-likeness (QED) is 0.165. The summed E-state index contributed by atoms with van der Waals surface area (Å²) < 4.78 is 19.9. The predicted octanol–water partition coefficient (Wildman–Crippen LogP) is 25.7. The Balaban J connectivity index is 0.775. The highest BCUT2D eigenvalue weighted by atomic mass is 16.3. The molecule has 17 aromatic carbocycles. The van der Waals surface area contributed by atoms with Crippen molar-refractivity contribution in [3.05, 3.63) is 402 Å². The van der Waals surface area contributed by atoms with Crippen LogP contribution in [0, 0.1) is 0 Å². The molecule has 21 aromatic rings. The standard InChI is InChI=1S/C108H67BN4O2/c1-106(2,3)62-54-97-105-98(55-62)113(94-49-25-43-86-104(94)76-35-9-19-41-84(76)108(86)81-38-16-6-28-67(81)68-29-7-17-39-82(68)108)96-59-78-74-53-51-64(111-91-46-22-12-32-71(91)72-33-13-23-47-92(72)111)57-100(74)115-102(78)61-88(96)109(105)87-60-101-77(73-52-50-63(56-99(73)114-101)110-89-44-20-10-30-69(89)70-31-11-21-45-90(70)110)58-95(87)112(97)93-48-24-42-85-103(93)75-34-8-18-40-83(75)107(85)79-36-14-4-26-65(79)66-27-5-15-37-80(66)107/h4-61H,1-3H3. The maximum Gasteiger partial charge on any atom is 0.252 e. The van der Waals surface area contributed by atoms with Crippen LogP contribution < -0.4 is 26.2 Å². The Hall–Kier alpha value is -14.4. The lowest BCUT2D eigenvalue weighted by molar-refractivity contribution is 0.590. The molecule has 0 bridgehead atoms. The molecule has 0 fully saturated rings. The highest BCUT2D eigenvalue weighted by molar-refractivity contribution is 7.00. The zero-order valence-corrected chi connectivity index (χ0v) is 63.2. The average Bonchev–Trinajstić information content (AvgIpc) is 1.53. The molecule has 0 saturated carbocycles. The molecule has 27 rings (SSSR count). The molecule has 115 heavy (non-hydrogen) atoms. The zero-order chi connectivity index (χ0) is 75.2. The highest BCUT2D eigenvalue weighted by Gasteiger charge is 2.56. The van der Waals surface area contributed by atoms with E-state index < -0.39 is 10.8 Å². The lowest BCUT2D eigenvalue weighted by atomic mass is 9.33. The van der Waals surface area contributed by atoms with Crippen molar-refractivity contribution in [2.45, 2.75) is 37.0 Å². The van der Waals surface area contributed by atoms with Gasteiger partial charge in [0.05, 0.1) is 44.3 Å². The van der Waals surface area contributed by atoms with Crippen LogP contribution in [-0.4, -0.2) is 15.8 Å². The number of nitrogens with zero attached hydrogens (tertiary/aromatic N) is 4. The molecule has 0 saturated heterocycles. The van der Waals surface area contributed by atoms with Gasteiger partial charge >= 0.3 is 0 Å². The van der Waals surface area contributed by atoms with Crippen LogP contribution in [0.25, 0.3) is 143 Å². The topological polar surface area (TPSA) is 42.6 Å². The Bertz CT molecular complexity index is 7370. The Labute approximate surface area is 662 Å². The zero-order valence-electron chi connectivity index (χ0n) is 63.2. The summed E-state index contributed by atoms with van der Waals surface area (Å²) in [7, 11) is 0. The first-order chi connectivity index (χ1) is 56.7. The van der Waals surface area contributed by atoms with Gasteiger partial charge in [0, 0.05) is 100 Å². The molecule has 534 valence electrons. The SMILES string of the molecule is CC(C)(C)c1cc2c3c(c1)N(c1cccc4c1-c1ccccc1C41c4ccccc4-c4ccccc41)c1cc4c(cc1B3c1cc3oc5cc(-n6c7ccccc7c7ccccc76)ccc5c3cc1N2c1cccc2c1-c1ccccc1C21c2ccccc2-c2ccccc21)oc1cc(-n2c3ccccc3c3ccccc32)ccc14. The van der Waals surface area contributed by atoms with E-state index in [0.29, 0.717) is 0 Å². The molecule has 4 aromatic heterocycles. The van der Waals surface area contributed by atoms with Crippen LogP contribution >= 0.6 is 0 Å². The summed E-state index contributed by atoms with van der Waals surface area (Å²) in [6.45, 7) is 6.85. The number of aromatic nitrogens is 2. The molecule has 6 nitrogen and oxygen atoms in total. The predicted molar refractivity (Wildman–Crippen MR) is 475 cm³/mol. The molecule has 0 N–H and O–H groups in total. The number of hydrogen-bond acceptors (Lipinski definition) is 4. The second kappa shape index (κ2) is 21.8. The van der Waals surface area contributed by atoms with E-state index in [1.165, 1.54) is 122 Å². The van der Waals surface area contributed by atoms with Crippen LogP contribution in [0.4, 0.5) is 34.1 Å². The Morgan fingerprint density at radius 2 is 0.565 bits per heavy atom. The number of furan rings is 2. The number of para-hydroxylation sites is 4. The number of hydrogen-bond donors (Lipinski definition) is 0. The Kier molecular flexibility index (Phi) is 11.8. The van der Waals surface area contributed by atoms with Crippen molar-refractivity contribution in [1.29, 1.82) is 0 Å². The maximum absolute atomic E-state index is 7.57. The van der Waals surface area contributed by atoms with Gasteiger partial charge in [0.15, 0.2) is 0 Å². The lowest BCUT2D eigenvalue weighted by Gasteiger charge is -2.45. The van der Waals surface area contributed by atoms with Gasteiger partial charge in [-0.25, -0.2) is 0 Å². The molecular weight excluding hydrogens is 1400 g/mol. The number of anilines is 6. The molecule has 6 heterocycles. The van der Waals surface area contributed by atoms with Gasteiger partial charge < -0.3 is 27.8 Å². The fourth-order valence-corrected chi connectivity index (χ4v) is 22.8. The third kappa shape index (κ3) is 7.68. The second-order valence-electron chi connectivity index (χ2n) is 33.6. The second-order valence-corrected chi connectivity index (χ2v) is 33.6. The fraction of sp³-hybridized carbons (Fsp3) is 0.0556. The number of benzene rings is 17. The normalized spacial score (nSPS) is 14.5. The van der Waals surface area contributed by atoms with E-state index in [2.05, 4.69) is 392 Å². The summed E-state index contributed by atoms with van der Waals surface area (Å²) in [4.78, 5) is 5.41. The van der Waals surface area contributed by atoms with Crippen molar-refractivity contribution in [2.24, 2.45) is 0 Å². The van der Waals surface area contributed by atoms with Crippen LogP contribution in [0.3, 0.4) is 0 Å². The van der Waals surface area contributed by atoms with Crippen LogP contribution in [0.2, 0.25) is 0 Å². The van der Waals surface area contributed by atoms with Crippen LogP contribution in [0.1, 0.15) is 70.8 Å². The molecule has 7 heteroatoms. The van der Waals surface area contributed by atoms with E-state index in [1.807, 2.05) is 0 Å². The van der Waals surface area contributed by atoms with Crippen molar-refractivity contribution in [2.75, 3.05) is 9.80 Å². The fourth-order valence-electron chi connectivity index (χ4n) is 22.8. The van der Waals surface area contributed by atoms with Crippen molar-refractivity contribution < 1.29 is 8.83 Å². The van der Waals surface area contributed by atoms with E-state index in [0.717, 1.165) is 122 Å². The average molecular weight is 1460 g/mol. The van der Waals surface area contributed by atoms with Crippen LogP contribution in [0.5, 0.6) is 0 Å². The third-order valence-electron chi connectivity index (χ3n) is 27.2. The summed E-state index contributed by atoms with van der Waals surface area (Å²) >= 11 is 0. The van der Waals surface area contributed by atoms with E-state index in [1.54, 1.807) is 0 Å². The van der Waals surface area contributed by atoms with Gasteiger partial charge in [-0.05, 0) is 202 Å². The van der Waals surface area contributed by atoms with Gasteiger partial charge in [-0.15, -0.1) is 0 Å². The molecule has 2 spiro atoms. The molecule has 0 amide bonds. The van der Waals surface area contributed by atoms with Crippen molar-refractivity contribution in [3.8, 4) is 55.9 Å². The Morgan fingerprint density at radius 1 is 0.252 bits per heavy atom. The maximum atomic E-state index is 7.57. The smallest absolute Gasteiger partial charge is 0.252 e. The molecule has 0 unspecified atom stereocenters. The van der Waals surface area contributed by atoms with Crippen LogP contribution in [-0.2, 0) is 16.2 Å². The van der Waals surface area contributed by atoms with Crippen LogP contribution in [0.15, 0.2) is 361 Å². The lowest BCUT2D eigenvalue weighted by Crippen LogP contribution is -2.61. The summed E-state index contributed by atoms with van der Waals surface area (Å²) in [5.41, 5.74) is 40.4. The van der Waals surface area contributed by atoms with Gasteiger partial charge in [-0.2, -0.15) is 0 Å². The summed E-state index contributed by atoms with van der Waals surface area (Å²) in [6, 6.07) is 134. The minimum atomic E-state index is -0.596. The minimum absolute atomic E-state index is 0.338. The first-order valence-corrected chi connectivity index (χ1v) is 40.3. The van der Waals surface area contributed by atoms with Gasteiger partial charge in [-0.1, -0.05) is 263 Å². The number of rotatable bonds is 4. The van der Waals surface area contributed by atoms with E-state index >= 15 is 0 Å². The molecule has 4 aliphatic carbocycles. The summed E-state index contributed by atoms with van der Waals surface area (Å²) in [5, 5.41) is 9.10. The first-order valence-electron chi connectivity index (χ1n) is 40.3. The first kappa shape index (κ1) is 62.3. The summed E-state index contributed by atoms with van der Waals surface area (Å²) in [6.07, 6.45) is 0. The highest BCUT2D eigenvalue weighted by Crippen LogP contribution is 2.68. The van der Waals surface area contributed by atoms with Crippen molar-refractivity contribution in [1.82, 2.24) is 9.13 Å². The number of fused-ring (bicyclic) bond motifs is 36. The molecule has 2 aliphatic heterocycles. The molecule has 6 aliphatic rings. The molecule has 0 atom stereocenters. The van der Waals surface area contributed by atoms with Gasteiger partial charge in [0.2, 0.25) is 0 Å². The van der Waals surface area contributed by atoms with Crippen molar-refractivity contribution >= 4 is 145 Å². The Morgan fingerprint density at radius 3 is 0.930 bits per heavy atom. The minimum Gasteiger partial charge on any atom is -0.456 e. The van der Waals surface area contributed by atoms with E-state index in [9.17, 15) is 0 Å². The molecular formula is C108H67BN4O2. The monoisotopic (exact) mass is 1460 g/mol. The van der Waals surface area contributed by atoms with E-state index in [4.69, 9.17) is 8.83 Å². The van der Waals surface area contributed by atoms with Gasteiger partial charge in [-0.3, -0.25) is 0 Å². The van der Waals surface area contributed by atoms with Gasteiger partial charge in [0.1, 0.15) is 22.3 Å².